The predicted molar refractivity (Wildman–Crippen MR) is 74.3 cm³/mol. The topological polar surface area (TPSA) is 51.9 Å². The maximum atomic E-state index is 13.4. The molecule has 0 spiro atoms. The normalized spacial score (nSPS) is 14.1. The summed E-state index contributed by atoms with van der Waals surface area (Å²) in [5, 5.41) is 7.32. The molecule has 0 atom stereocenters. The van der Waals surface area contributed by atoms with Gasteiger partial charge in [0.25, 0.3) is 0 Å². The van der Waals surface area contributed by atoms with Crippen molar-refractivity contribution in [2.75, 3.05) is 11.9 Å². The Morgan fingerprint density at radius 2 is 2.15 bits per heavy atom. The van der Waals surface area contributed by atoms with E-state index in [2.05, 4.69) is 10.4 Å². The minimum absolute atomic E-state index is 0.0602. The SMILES string of the molecule is O=c1n(CCNc2ccccc2F)nc2n1CCCC2. The van der Waals surface area contributed by atoms with Gasteiger partial charge in [0.2, 0.25) is 0 Å². The molecule has 0 saturated heterocycles. The lowest BCUT2D eigenvalue weighted by Crippen LogP contribution is -2.28. The monoisotopic (exact) mass is 276 g/mol. The summed E-state index contributed by atoms with van der Waals surface area (Å²) in [5.74, 6) is 0.580. The van der Waals surface area contributed by atoms with Crippen LogP contribution in [0, 0.1) is 5.82 Å². The highest BCUT2D eigenvalue weighted by Crippen LogP contribution is 2.12. The summed E-state index contributed by atoms with van der Waals surface area (Å²) in [5.41, 5.74) is 0.388. The number of anilines is 1. The Morgan fingerprint density at radius 3 is 2.95 bits per heavy atom. The molecule has 1 aromatic carbocycles. The number of benzene rings is 1. The van der Waals surface area contributed by atoms with Crippen molar-refractivity contribution in [2.24, 2.45) is 0 Å². The van der Waals surface area contributed by atoms with Crippen LogP contribution >= 0.6 is 0 Å². The molecule has 0 unspecified atom stereocenters. The fourth-order valence-electron chi connectivity index (χ4n) is 2.50. The Labute approximate surface area is 116 Å². The molecule has 0 fully saturated rings. The van der Waals surface area contributed by atoms with Crippen LogP contribution in [0.1, 0.15) is 18.7 Å². The van der Waals surface area contributed by atoms with Crippen molar-refractivity contribution < 1.29 is 4.39 Å². The van der Waals surface area contributed by atoms with Crippen LogP contribution in [-0.4, -0.2) is 20.9 Å². The molecule has 2 aromatic rings. The highest BCUT2D eigenvalue weighted by molar-refractivity contribution is 5.44. The first-order valence-electron chi connectivity index (χ1n) is 6.90. The van der Waals surface area contributed by atoms with Gasteiger partial charge in [-0.15, -0.1) is 0 Å². The second-order valence-corrected chi connectivity index (χ2v) is 4.94. The molecule has 2 heterocycles. The van der Waals surface area contributed by atoms with Crippen molar-refractivity contribution in [2.45, 2.75) is 32.4 Å². The van der Waals surface area contributed by atoms with E-state index in [4.69, 9.17) is 0 Å². The van der Waals surface area contributed by atoms with E-state index >= 15 is 0 Å². The lowest BCUT2D eigenvalue weighted by molar-refractivity contribution is 0.511. The lowest BCUT2D eigenvalue weighted by atomic mass is 10.2. The molecule has 20 heavy (non-hydrogen) atoms. The number of aromatic nitrogens is 3. The minimum Gasteiger partial charge on any atom is -0.381 e. The Hall–Kier alpha value is -2.11. The van der Waals surface area contributed by atoms with Crippen LogP contribution in [-0.2, 0) is 19.5 Å². The molecule has 1 aliphatic rings. The van der Waals surface area contributed by atoms with Gasteiger partial charge in [0.1, 0.15) is 11.6 Å². The standard InChI is InChI=1S/C14H17FN4O/c15-11-5-1-2-6-12(11)16-8-10-19-14(20)18-9-4-3-7-13(18)17-19/h1-2,5-6,16H,3-4,7-10H2. The molecule has 0 amide bonds. The molecular weight excluding hydrogens is 259 g/mol. The van der Waals surface area contributed by atoms with Gasteiger partial charge in [0.05, 0.1) is 12.2 Å². The van der Waals surface area contributed by atoms with Crippen LogP contribution in [0.15, 0.2) is 29.1 Å². The number of nitrogens with zero attached hydrogens (tertiary/aromatic N) is 3. The van der Waals surface area contributed by atoms with Crippen molar-refractivity contribution in [3.63, 3.8) is 0 Å². The molecule has 1 N–H and O–H groups in total. The van der Waals surface area contributed by atoms with Gasteiger partial charge in [-0.1, -0.05) is 12.1 Å². The van der Waals surface area contributed by atoms with Crippen molar-refractivity contribution >= 4 is 5.69 Å². The van der Waals surface area contributed by atoms with E-state index in [9.17, 15) is 9.18 Å². The molecule has 5 nitrogen and oxygen atoms in total. The minimum atomic E-state index is -0.288. The molecule has 0 bridgehead atoms. The van der Waals surface area contributed by atoms with Gasteiger partial charge in [0, 0.05) is 19.5 Å². The van der Waals surface area contributed by atoms with E-state index in [0.29, 0.717) is 18.8 Å². The first kappa shape index (κ1) is 12.9. The predicted octanol–water partition coefficient (Wildman–Crippen LogP) is 1.63. The van der Waals surface area contributed by atoms with Crippen LogP contribution in [0.25, 0.3) is 0 Å². The summed E-state index contributed by atoms with van der Waals surface area (Å²) in [6.45, 7) is 1.67. The number of aryl methyl sites for hydroxylation is 1. The first-order chi connectivity index (χ1) is 9.75. The fourth-order valence-corrected chi connectivity index (χ4v) is 2.50. The molecule has 0 aliphatic carbocycles. The van der Waals surface area contributed by atoms with Crippen molar-refractivity contribution in [3.05, 3.63) is 46.4 Å². The van der Waals surface area contributed by atoms with E-state index in [1.54, 1.807) is 22.8 Å². The number of fused-ring (bicyclic) bond motifs is 1. The molecule has 3 rings (SSSR count). The molecular formula is C14H17FN4O. The largest absolute Gasteiger partial charge is 0.381 e. The molecule has 1 aliphatic heterocycles. The van der Waals surface area contributed by atoms with E-state index in [1.165, 1.54) is 10.7 Å². The molecule has 106 valence electrons. The number of rotatable bonds is 4. The highest BCUT2D eigenvalue weighted by atomic mass is 19.1. The van der Waals surface area contributed by atoms with E-state index < -0.39 is 0 Å². The maximum absolute atomic E-state index is 13.4. The summed E-state index contributed by atoms with van der Waals surface area (Å²) in [4.78, 5) is 12.1. The van der Waals surface area contributed by atoms with Crippen LogP contribution in [0.2, 0.25) is 0 Å². The third-order valence-corrected chi connectivity index (χ3v) is 3.54. The van der Waals surface area contributed by atoms with Crippen molar-refractivity contribution in [3.8, 4) is 0 Å². The summed E-state index contributed by atoms with van der Waals surface area (Å²) in [6, 6.07) is 6.50. The zero-order valence-corrected chi connectivity index (χ0v) is 11.2. The maximum Gasteiger partial charge on any atom is 0.345 e. The lowest BCUT2D eigenvalue weighted by Gasteiger charge is -2.09. The van der Waals surface area contributed by atoms with Crippen LogP contribution in [0.4, 0.5) is 10.1 Å². The fraction of sp³-hybridized carbons (Fsp3) is 0.429. The number of para-hydroxylation sites is 1. The summed E-state index contributed by atoms with van der Waals surface area (Å²) in [6.07, 6.45) is 2.99. The molecule has 0 saturated carbocycles. The summed E-state index contributed by atoms with van der Waals surface area (Å²) < 4.78 is 16.6. The number of hydrogen-bond acceptors (Lipinski definition) is 3. The quantitative estimate of drug-likeness (QED) is 0.923. The average Bonchev–Trinajstić information content (AvgIpc) is 2.78. The Morgan fingerprint density at radius 1 is 1.30 bits per heavy atom. The Kier molecular flexibility index (Phi) is 3.54. The van der Waals surface area contributed by atoms with Crippen molar-refractivity contribution in [1.29, 1.82) is 0 Å². The van der Waals surface area contributed by atoms with Gasteiger partial charge in [0.15, 0.2) is 0 Å². The smallest absolute Gasteiger partial charge is 0.345 e. The van der Waals surface area contributed by atoms with E-state index in [1.807, 2.05) is 0 Å². The molecule has 1 aromatic heterocycles. The summed E-state index contributed by atoms with van der Waals surface area (Å²) in [7, 11) is 0. The van der Waals surface area contributed by atoms with E-state index in [-0.39, 0.29) is 11.5 Å². The summed E-state index contributed by atoms with van der Waals surface area (Å²) >= 11 is 0. The second kappa shape index (κ2) is 5.48. The third-order valence-electron chi connectivity index (χ3n) is 3.54. The van der Waals surface area contributed by atoms with E-state index in [0.717, 1.165) is 31.6 Å². The Balaban J connectivity index is 1.66. The van der Waals surface area contributed by atoms with Gasteiger partial charge < -0.3 is 5.32 Å². The van der Waals surface area contributed by atoms with Gasteiger partial charge >= 0.3 is 5.69 Å². The van der Waals surface area contributed by atoms with Gasteiger partial charge in [-0.2, -0.15) is 5.10 Å². The Bertz CT molecular complexity index is 661. The number of halogens is 1. The van der Waals surface area contributed by atoms with Crippen LogP contribution < -0.4 is 11.0 Å². The van der Waals surface area contributed by atoms with Crippen LogP contribution in [0.5, 0.6) is 0 Å². The van der Waals surface area contributed by atoms with Gasteiger partial charge in [-0.25, -0.2) is 13.9 Å². The number of nitrogens with one attached hydrogen (secondary N) is 1. The molecule has 6 heteroatoms. The number of hydrogen-bond donors (Lipinski definition) is 1. The zero-order valence-electron chi connectivity index (χ0n) is 11.2. The second-order valence-electron chi connectivity index (χ2n) is 4.94. The first-order valence-corrected chi connectivity index (χ1v) is 6.90. The van der Waals surface area contributed by atoms with Gasteiger partial charge in [-0.3, -0.25) is 4.57 Å². The third kappa shape index (κ3) is 2.45. The van der Waals surface area contributed by atoms with Gasteiger partial charge in [-0.05, 0) is 25.0 Å². The average molecular weight is 276 g/mol. The van der Waals surface area contributed by atoms with Crippen LogP contribution in [0.3, 0.4) is 0 Å². The molecule has 0 radical (unpaired) electrons. The van der Waals surface area contributed by atoms with Crippen molar-refractivity contribution in [1.82, 2.24) is 14.3 Å². The zero-order chi connectivity index (χ0) is 13.9. The highest BCUT2D eigenvalue weighted by Gasteiger charge is 2.16.